The average molecular weight is 278 g/mol. The number of sulfone groups is 1. The number of ether oxygens (including phenoxy) is 1. The Morgan fingerprint density at radius 2 is 2.06 bits per heavy atom. The average Bonchev–Trinajstić information content (AvgIpc) is 2.42. The van der Waals surface area contributed by atoms with Crippen molar-refractivity contribution in [2.24, 2.45) is 5.84 Å². The highest BCUT2D eigenvalue weighted by Gasteiger charge is 2.37. The van der Waals surface area contributed by atoms with Crippen molar-refractivity contribution in [3.05, 3.63) is 0 Å². The summed E-state index contributed by atoms with van der Waals surface area (Å²) in [6, 6.07) is 0. The maximum absolute atomic E-state index is 12.1. The van der Waals surface area contributed by atoms with Crippen LogP contribution in [-0.4, -0.2) is 36.9 Å². The van der Waals surface area contributed by atoms with Gasteiger partial charge in [0.05, 0.1) is 11.5 Å². The Balaban J connectivity index is 2.57. The summed E-state index contributed by atoms with van der Waals surface area (Å²) in [6.45, 7) is 0. The molecular formula is C5H9F2N2O5PS. The van der Waals surface area contributed by atoms with Gasteiger partial charge in [-0.25, -0.2) is 23.6 Å². The van der Waals surface area contributed by atoms with Gasteiger partial charge in [-0.2, -0.15) is 0 Å². The number of nitrogens with two attached hydrogens (primary N) is 1. The Hall–Kier alpha value is -0.730. The topological polar surface area (TPSA) is 107 Å². The number of hydrogen-bond acceptors (Lipinski definition) is 6. The standard InChI is InChI=1S/C5H9F2N2O5PS/c6-15(7,11)9(8)5(10)14-4-1-2-16(12,13)3-4/h4H,1-3,8H2. The molecule has 1 aliphatic heterocycles. The minimum absolute atomic E-state index is 0.0186. The zero-order valence-corrected chi connectivity index (χ0v) is 9.59. The summed E-state index contributed by atoms with van der Waals surface area (Å²) in [5.41, 5.74) is 0. The molecular weight excluding hydrogens is 269 g/mol. The normalized spacial score (nSPS) is 24.1. The van der Waals surface area contributed by atoms with Crippen LogP contribution in [-0.2, 0) is 19.1 Å². The molecule has 0 saturated carbocycles. The van der Waals surface area contributed by atoms with Crippen molar-refractivity contribution in [1.29, 1.82) is 0 Å². The lowest BCUT2D eigenvalue weighted by Gasteiger charge is -2.16. The number of halogens is 2. The van der Waals surface area contributed by atoms with E-state index in [2.05, 4.69) is 10.6 Å². The summed E-state index contributed by atoms with van der Waals surface area (Å²) >= 11 is 0. The summed E-state index contributed by atoms with van der Waals surface area (Å²) in [6.07, 6.45) is -2.70. The van der Waals surface area contributed by atoms with Crippen LogP contribution in [0, 0.1) is 0 Å². The summed E-state index contributed by atoms with van der Waals surface area (Å²) in [5.74, 6) is 3.92. The fraction of sp³-hybridized carbons (Fsp3) is 0.800. The van der Waals surface area contributed by atoms with E-state index in [-0.39, 0.29) is 12.2 Å². The van der Waals surface area contributed by atoms with E-state index in [0.29, 0.717) is 0 Å². The van der Waals surface area contributed by atoms with Crippen LogP contribution in [0.2, 0.25) is 0 Å². The molecule has 1 rings (SSSR count). The number of carbonyl (C=O) groups is 1. The lowest BCUT2D eigenvalue weighted by molar-refractivity contribution is 0.0887. The third-order valence-corrected chi connectivity index (χ3v) is 4.30. The van der Waals surface area contributed by atoms with Gasteiger partial charge in [-0.15, -0.1) is 13.2 Å². The number of hydrazine groups is 1. The number of nitrogens with zero attached hydrogens (tertiary/aromatic N) is 1. The van der Waals surface area contributed by atoms with Crippen molar-refractivity contribution in [2.75, 3.05) is 11.5 Å². The Morgan fingerprint density at radius 3 is 2.44 bits per heavy atom. The number of carbonyl (C=O) groups excluding carboxylic acids is 1. The van der Waals surface area contributed by atoms with Crippen molar-refractivity contribution in [3.63, 3.8) is 0 Å². The van der Waals surface area contributed by atoms with Crippen LogP contribution in [0.25, 0.3) is 0 Å². The van der Waals surface area contributed by atoms with Gasteiger partial charge in [0.15, 0.2) is 9.84 Å². The molecule has 1 aliphatic rings. The smallest absolute Gasteiger partial charge is 0.444 e. The van der Waals surface area contributed by atoms with Crippen LogP contribution in [0.5, 0.6) is 0 Å². The minimum Gasteiger partial charge on any atom is -0.444 e. The van der Waals surface area contributed by atoms with Gasteiger partial charge in [-0.3, -0.25) is 0 Å². The first-order valence-electron chi connectivity index (χ1n) is 4.07. The quantitative estimate of drug-likeness (QED) is 0.342. The van der Waals surface area contributed by atoms with Crippen molar-refractivity contribution in [2.45, 2.75) is 12.5 Å². The molecule has 94 valence electrons. The Kier molecular flexibility index (Phi) is 3.56. The second kappa shape index (κ2) is 4.27. The summed E-state index contributed by atoms with van der Waals surface area (Å²) in [7, 11) is -9.21. The predicted molar refractivity (Wildman–Crippen MR) is 49.4 cm³/mol. The number of rotatable bonds is 2. The van der Waals surface area contributed by atoms with Crippen LogP contribution >= 0.6 is 7.91 Å². The molecule has 11 heteroatoms. The van der Waals surface area contributed by atoms with Gasteiger partial charge in [-0.1, -0.05) is 0 Å². The third-order valence-electron chi connectivity index (χ3n) is 1.90. The van der Waals surface area contributed by atoms with Crippen molar-refractivity contribution in [3.8, 4) is 0 Å². The Morgan fingerprint density at radius 1 is 1.50 bits per heavy atom. The summed E-state index contributed by atoms with van der Waals surface area (Å²) in [4.78, 5) is 10.9. The third kappa shape index (κ3) is 3.39. The van der Waals surface area contributed by atoms with Gasteiger partial charge in [-0.05, 0) is 6.42 Å². The largest absolute Gasteiger partial charge is 0.530 e. The van der Waals surface area contributed by atoms with Crippen molar-refractivity contribution < 1.29 is 30.9 Å². The first kappa shape index (κ1) is 13.3. The maximum Gasteiger partial charge on any atom is 0.530 e. The first-order valence-corrected chi connectivity index (χ1v) is 7.34. The maximum atomic E-state index is 12.1. The highest BCUT2D eigenvalue weighted by Crippen LogP contribution is 2.51. The molecule has 1 saturated heterocycles. The summed E-state index contributed by atoms with van der Waals surface area (Å²) < 4.78 is 59.8. The molecule has 0 aromatic rings. The fourth-order valence-electron chi connectivity index (χ4n) is 1.15. The van der Waals surface area contributed by atoms with E-state index in [1.54, 1.807) is 0 Å². The van der Waals surface area contributed by atoms with Gasteiger partial charge in [0.1, 0.15) is 6.10 Å². The van der Waals surface area contributed by atoms with Gasteiger partial charge < -0.3 is 4.74 Å². The molecule has 1 heterocycles. The highest BCUT2D eigenvalue weighted by molar-refractivity contribution is 7.91. The van der Waals surface area contributed by atoms with Gasteiger partial charge in [0, 0.05) is 0 Å². The Bertz CT molecular complexity index is 434. The zero-order chi connectivity index (χ0) is 12.6. The fourth-order valence-corrected chi connectivity index (χ4v) is 2.97. The first-order chi connectivity index (χ1) is 7.12. The lowest BCUT2D eigenvalue weighted by atomic mass is 10.3. The molecule has 1 fully saturated rings. The van der Waals surface area contributed by atoms with Crippen LogP contribution in [0.4, 0.5) is 13.2 Å². The van der Waals surface area contributed by atoms with Crippen molar-refractivity contribution >= 4 is 23.8 Å². The van der Waals surface area contributed by atoms with E-state index in [4.69, 9.17) is 0 Å². The SMILES string of the molecule is NN(C(=O)OC1CCS(=O)(=O)C1)P(=O)(F)F. The lowest BCUT2D eigenvalue weighted by Crippen LogP contribution is -2.35. The van der Waals surface area contributed by atoms with E-state index in [9.17, 15) is 26.2 Å². The van der Waals surface area contributed by atoms with E-state index < -0.39 is 40.5 Å². The molecule has 0 spiro atoms. The highest BCUT2D eigenvalue weighted by atomic mass is 32.2. The molecule has 16 heavy (non-hydrogen) atoms. The van der Waals surface area contributed by atoms with Crippen molar-refractivity contribution in [1.82, 2.24) is 4.78 Å². The van der Waals surface area contributed by atoms with E-state index in [0.717, 1.165) is 0 Å². The van der Waals surface area contributed by atoms with Crippen LogP contribution in [0.3, 0.4) is 0 Å². The monoisotopic (exact) mass is 278 g/mol. The minimum atomic E-state index is -5.91. The van der Waals surface area contributed by atoms with E-state index in [1.165, 1.54) is 0 Å². The summed E-state index contributed by atoms with van der Waals surface area (Å²) in [5, 5.41) is 0. The zero-order valence-electron chi connectivity index (χ0n) is 7.88. The molecule has 1 unspecified atom stereocenters. The van der Waals surface area contributed by atoms with E-state index in [1.807, 2.05) is 0 Å². The van der Waals surface area contributed by atoms with E-state index >= 15 is 0 Å². The number of amides is 1. The molecule has 0 aromatic carbocycles. The Labute approximate surface area is 90.1 Å². The molecule has 1 atom stereocenters. The predicted octanol–water partition coefficient (Wildman–Crippen LogP) is 0.533. The second-order valence-corrected chi connectivity index (χ2v) is 6.72. The van der Waals surface area contributed by atoms with Crippen LogP contribution in [0.15, 0.2) is 0 Å². The van der Waals surface area contributed by atoms with Gasteiger partial charge in [0.25, 0.3) is 0 Å². The molecule has 7 nitrogen and oxygen atoms in total. The second-order valence-electron chi connectivity index (χ2n) is 3.19. The molecule has 2 N–H and O–H groups in total. The molecule has 1 amide bonds. The number of hydrogen-bond donors (Lipinski definition) is 1. The van der Waals surface area contributed by atoms with Gasteiger partial charge >= 0.3 is 14.0 Å². The van der Waals surface area contributed by atoms with Crippen LogP contribution < -0.4 is 5.84 Å². The van der Waals surface area contributed by atoms with Crippen LogP contribution in [0.1, 0.15) is 6.42 Å². The van der Waals surface area contributed by atoms with Gasteiger partial charge in [0.2, 0.25) is 0 Å². The molecule has 0 aromatic heterocycles. The molecule has 0 aliphatic carbocycles. The molecule has 0 radical (unpaired) electrons. The molecule has 0 bridgehead atoms.